The summed E-state index contributed by atoms with van der Waals surface area (Å²) >= 11 is 5.35. The fraction of sp³-hybridized carbons (Fsp3) is 0.308. The third-order valence-corrected chi connectivity index (χ3v) is 2.65. The van der Waals surface area contributed by atoms with Crippen molar-refractivity contribution in [1.82, 2.24) is 0 Å². The van der Waals surface area contributed by atoms with E-state index < -0.39 is 0 Å². The molecule has 84 valence electrons. The highest BCUT2D eigenvalue weighted by molar-refractivity contribution is 6.63. The second-order valence-corrected chi connectivity index (χ2v) is 4.63. The van der Waals surface area contributed by atoms with Crippen molar-refractivity contribution >= 4 is 27.8 Å². The van der Waals surface area contributed by atoms with E-state index in [2.05, 4.69) is 13.8 Å². The average Bonchev–Trinajstić information content (AvgIpc) is 2.59. The maximum Gasteiger partial charge on any atom is 0.226 e. The Labute approximate surface area is 99.2 Å². The molecule has 0 aliphatic carbocycles. The van der Waals surface area contributed by atoms with Gasteiger partial charge in [-0.3, -0.25) is 4.79 Å². The van der Waals surface area contributed by atoms with Crippen LogP contribution in [0.4, 0.5) is 0 Å². The van der Waals surface area contributed by atoms with Crippen molar-refractivity contribution in [3.63, 3.8) is 0 Å². The van der Waals surface area contributed by atoms with E-state index in [9.17, 15) is 4.79 Å². The van der Waals surface area contributed by atoms with Crippen LogP contribution in [0.1, 0.15) is 31.1 Å². The lowest BCUT2D eigenvalue weighted by Crippen LogP contribution is -1.92. The number of rotatable bonds is 3. The molecule has 0 fully saturated rings. The molecule has 0 N–H and O–H groups in total. The summed E-state index contributed by atoms with van der Waals surface area (Å²) < 4.78 is 5.70. The minimum atomic E-state index is -0.352. The summed E-state index contributed by atoms with van der Waals surface area (Å²) in [5.41, 5.74) is 1.70. The molecule has 3 heteroatoms. The van der Waals surface area contributed by atoms with E-state index in [1.165, 1.54) is 0 Å². The van der Waals surface area contributed by atoms with Gasteiger partial charge in [-0.25, -0.2) is 0 Å². The Morgan fingerprint density at radius 2 is 2.12 bits per heavy atom. The monoisotopic (exact) mass is 236 g/mol. The van der Waals surface area contributed by atoms with E-state index >= 15 is 0 Å². The van der Waals surface area contributed by atoms with Crippen LogP contribution < -0.4 is 0 Å². The first kappa shape index (κ1) is 11.2. The van der Waals surface area contributed by atoms with Gasteiger partial charge in [0.25, 0.3) is 0 Å². The predicted octanol–water partition coefficient (Wildman–Crippen LogP) is 3.86. The zero-order valence-corrected chi connectivity index (χ0v) is 10.0. The minimum Gasteiger partial charge on any atom is -0.461 e. The first-order valence-corrected chi connectivity index (χ1v) is 5.65. The van der Waals surface area contributed by atoms with Crippen molar-refractivity contribution in [1.29, 1.82) is 0 Å². The summed E-state index contributed by atoms with van der Waals surface area (Å²) in [6, 6.07) is 7.77. The highest BCUT2D eigenvalue weighted by Gasteiger charge is 2.08. The molecule has 1 aromatic carbocycles. The quantitative estimate of drug-likeness (QED) is 0.758. The Balaban J connectivity index is 2.41. The molecule has 0 amide bonds. The third kappa shape index (κ3) is 2.27. The number of fused-ring (bicyclic) bond motifs is 1. The van der Waals surface area contributed by atoms with Crippen LogP contribution >= 0.6 is 11.6 Å². The molecule has 1 aromatic heterocycles. The van der Waals surface area contributed by atoms with Crippen LogP contribution in [0.15, 0.2) is 28.7 Å². The number of hydrogen-bond donors (Lipinski definition) is 0. The zero-order chi connectivity index (χ0) is 11.7. The lowest BCUT2D eigenvalue weighted by Gasteiger charge is -1.97. The van der Waals surface area contributed by atoms with Crippen LogP contribution in [0.3, 0.4) is 0 Å². The van der Waals surface area contributed by atoms with Crippen molar-refractivity contribution in [2.75, 3.05) is 0 Å². The largest absolute Gasteiger partial charge is 0.461 e. The molecule has 0 atom stereocenters. The number of hydrogen-bond acceptors (Lipinski definition) is 2. The van der Waals surface area contributed by atoms with E-state index in [4.69, 9.17) is 16.0 Å². The summed E-state index contributed by atoms with van der Waals surface area (Å²) in [7, 11) is 0. The Kier molecular flexibility index (Phi) is 3.01. The van der Waals surface area contributed by atoms with Gasteiger partial charge in [0.2, 0.25) is 5.24 Å². The second kappa shape index (κ2) is 4.30. The van der Waals surface area contributed by atoms with Crippen molar-refractivity contribution in [3.05, 3.63) is 35.6 Å². The van der Waals surface area contributed by atoms with E-state index in [1.54, 1.807) is 0 Å². The maximum atomic E-state index is 10.8. The van der Waals surface area contributed by atoms with Gasteiger partial charge in [-0.15, -0.1) is 0 Å². The highest BCUT2D eigenvalue weighted by atomic mass is 35.5. The van der Waals surface area contributed by atoms with Gasteiger partial charge in [0, 0.05) is 17.7 Å². The maximum absolute atomic E-state index is 10.8. The normalized spacial score (nSPS) is 11.2. The predicted molar refractivity (Wildman–Crippen MR) is 64.9 cm³/mol. The molecule has 16 heavy (non-hydrogen) atoms. The average molecular weight is 237 g/mol. The van der Waals surface area contributed by atoms with Crippen LogP contribution in [-0.2, 0) is 11.2 Å². The van der Waals surface area contributed by atoms with Crippen molar-refractivity contribution in [2.45, 2.75) is 26.2 Å². The van der Waals surface area contributed by atoms with Crippen molar-refractivity contribution in [2.24, 2.45) is 0 Å². The Bertz CT molecular complexity index is 526. The van der Waals surface area contributed by atoms with Gasteiger partial charge in [0.1, 0.15) is 11.3 Å². The zero-order valence-electron chi connectivity index (χ0n) is 9.29. The standard InChI is InChI=1S/C13H13ClO2/c1-8(2)11-7-10-4-3-9(6-13(14)15)5-12(10)16-11/h3-5,7-8H,6H2,1-2H3. The van der Waals surface area contributed by atoms with Crippen LogP contribution in [-0.4, -0.2) is 5.24 Å². The van der Waals surface area contributed by atoms with Crippen LogP contribution in [0.2, 0.25) is 0 Å². The SMILES string of the molecule is CC(C)c1cc2ccc(CC(=O)Cl)cc2o1. The molecule has 2 nitrogen and oxygen atoms in total. The van der Waals surface area contributed by atoms with Crippen molar-refractivity contribution < 1.29 is 9.21 Å². The molecule has 1 heterocycles. The molecule has 0 aliphatic heterocycles. The lowest BCUT2D eigenvalue weighted by molar-refractivity contribution is -0.111. The van der Waals surface area contributed by atoms with Gasteiger partial charge in [-0.2, -0.15) is 0 Å². The van der Waals surface area contributed by atoms with Crippen molar-refractivity contribution in [3.8, 4) is 0 Å². The van der Waals surface area contributed by atoms with E-state index in [1.807, 2.05) is 24.3 Å². The molecule has 0 saturated heterocycles. The number of carbonyl (C=O) groups excluding carboxylic acids is 1. The van der Waals surface area contributed by atoms with Gasteiger partial charge >= 0.3 is 0 Å². The molecule has 2 aromatic rings. The van der Waals surface area contributed by atoms with Crippen LogP contribution in [0.25, 0.3) is 11.0 Å². The fourth-order valence-corrected chi connectivity index (χ4v) is 1.81. The Morgan fingerprint density at radius 3 is 2.75 bits per heavy atom. The molecular weight excluding hydrogens is 224 g/mol. The first-order valence-electron chi connectivity index (χ1n) is 5.27. The summed E-state index contributed by atoms with van der Waals surface area (Å²) in [6.07, 6.45) is 0.245. The summed E-state index contributed by atoms with van der Waals surface area (Å²) in [5, 5.41) is 0.712. The molecule has 0 spiro atoms. The Hall–Kier alpha value is -1.28. The number of halogens is 1. The lowest BCUT2D eigenvalue weighted by atomic mass is 10.1. The van der Waals surface area contributed by atoms with Gasteiger partial charge in [0.05, 0.1) is 0 Å². The van der Waals surface area contributed by atoms with Gasteiger partial charge in [-0.05, 0) is 29.3 Å². The van der Waals surface area contributed by atoms with E-state index in [-0.39, 0.29) is 11.7 Å². The van der Waals surface area contributed by atoms with Gasteiger partial charge in [-0.1, -0.05) is 26.0 Å². The summed E-state index contributed by atoms with van der Waals surface area (Å²) in [4.78, 5) is 10.8. The molecule has 0 unspecified atom stereocenters. The third-order valence-electron chi connectivity index (χ3n) is 2.52. The topological polar surface area (TPSA) is 30.2 Å². The minimum absolute atomic E-state index is 0.245. The molecule has 2 rings (SSSR count). The summed E-state index contributed by atoms with van der Waals surface area (Å²) in [5.74, 6) is 1.33. The van der Waals surface area contributed by atoms with Gasteiger partial charge in [0.15, 0.2) is 0 Å². The Morgan fingerprint density at radius 1 is 1.38 bits per heavy atom. The second-order valence-electron chi connectivity index (χ2n) is 4.21. The molecule has 0 saturated carbocycles. The number of carbonyl (C=O) groups is 1. The van der Waals surface area contributed by atoms with E-state index in [0.29, 0.717) is 5.92 Å². The van der Waals surface area contributed by atoms with E-state index in [0.717, 1.165) is 22.3 Å². The molecular formula is C13H13ClO2. The molecule has 0 radical (unpaired) electrons. The molecule has 0 bridgehead atoms. The molecule has 0 aliphatic rings. The fourth-order valence-electron chi connectivity index (χ4n) is 1.65. The van der Waals surface area contributed by atoms with Crippen LogP contribution in [0.5, 0.6) is 0 Å². The smallest absolute Gasteiger partial charge is 0.226 e. The number of furan rings is 1. The number of benzene rings is 1. The highest BCUT2D eigenvalue weighted by Crippen LogP contribution is 2.25. The first-order chi connectivity index (χ1) is 7.56. The van der Waals surface area contributed by atoms with Crippen LogP contribution in [0, 0.1) is 0 Å². The summed E-state index contributed by atoms with van der Waals surface area (Å²) in [6.45, 7) is 4.17. The van der Waals surface area contributed by atoms with Gasteiger partial charge < -0.3 is 4.42 Å².